The van der Waals surface area contributed by atoms with E-state index in [2.05, 4.69) is 21.9 Å². The number of carbonyl (C=O) groups is 1. The van der Waals surface area contributed by atoms with E-state index < -0.39 is 0 Å². The molecule has 8 nitrogen and oxygen atoms in total. The van der Waals surface area contributed by atoms with Gasteiger partial charge in [-0.1, -0.05) is 11.6 Å². The molecule has 32 heavy (non-hydrogen) atoms. The van der Waals surface area contributed by atoms with Crippen LogP contribution in [0.1, 0.15) is 51.3 Å². The smallest absolute Gasteiger partial charge is 0.227 e. The minimum atomic E-state index is -0.250. The fraction of sp³-hybridized carbons (Fsp3) is 0.565. The van der Waals surface area contributed by atoms with E-state index in [9.17, 15) is 4.79 Å². The molecule has 1 amide bonds. The summed E-state index contributed by atoms with van der Waals surface area (Å²) in [5.41, 5.74) is 1.38. The second-order valence-corrected chi connectivity index (χ2v) is 10.0. The van der Waals surface area contributed by atoms with E-state index in [-0.39, 0.29) is 11.5 Å². The zero-order valence-electron chi connectivity index (χ0n) is 18.3. The van der Waals surface area contributed by atoms with Crippen molar-refractivity contribution < 1.29 is 4.79 Å². The molecule has 2 saturated heterocycles. The van der Waals surface area contributed by atoms with Crippen LogP contribution >= 0.6 is 11.6 Å². The van der Waals surface area contributed by atoms with Crippen molar-refractivity contribution >= 4 is 34.5 Å². The lowest BCUT2D eigenvalue weighted by atomic mass is 9.92. The van der Waals surface area contributed by atoms with Gasteiger partial charge in [-0.3, -0.25) is 9.48 Å². The number of nitrogens with zero attached hydrogens (tertiary/aromatic N) is 6. The average Bonchev–Trinajstić information content (AvgIpc) is 3.18. The molecule has 1 aliphatic carbocycles. The monoisotopic (exact) mass is 453 g/mol. The first-order valence-electron chi connectivity index (χ1n) is 11.7. The fourth-order valence-electron chi connectivity index (χ4n) is 5.32. The third kappa shape index (κ3) is 3.27. The predicted molar refractivity (Wildman–Crippen MR) is 123 cm³/mol. The Labute approximate surface area is 192 Å². The van der Waals surface area contributed by atoms with E-state index in [0.717, 1.165) is 81.0 Å². The summed E-state index contributed by atoms with van der Waals surface area (Å²) in [5.74, 6) is 2.16. The summed E-state index contributed by atoms with van der Waals surface area (Å²) in [6, 6.07) is 4.42. The molecule has 168 valence electrons. The highest BCUT2D eigenvalue weighted by Gasteiger charge is 2.50. The van der Waals surface area contributed by atoms with Crippen LogP contribution in [0.4, 0.5) is 5.82 Å². The van der Waals surface area contributed by atoms with E-state index in [1.165, 1.54) is 0 Å². The molecule has 2 atom stereocenters. The highest BCUT2D eigenvalue weighted by molar-refractivity contribution is 6.30. The molecule has 0 aromatic carbocycles. The molecule has 6 rings (SSSR count). The predicted octanol–water partition coefficient (Wildman–Crippen LogP) is 3.57. The first-order chi connectivity index (χ1) is 15.5. The van der Waals surface area contributed by atoms with Gasteiger partial charge in [-0.25, -0.2) is 9.97 Å². The minimum Gasteiger partial charge on any atom is -0.353 e. The molecule has 0 radical (unpaired) electrons. The number of fused-ring (bicyclic) bond motifs is 1. The maximum absolute atomic E-state index is 13.0. The maximum atomic E-state index is 13.0. The van der Waals surface area contributed by atoms with Crippen molar-refractivity contribution in [2.24, 2.45) is 5.92 Å². The maximum Gasteiger partial charge on any atom is 0.227 e. The summed E-state index contributed by atoms with van der Waals surface area (Å²) in [6.07, 6.45) is 9.68. The molecule has 2 aliphatic heterocycles. The molecule has 1 N–H and O–H groups in total. The van der Waals surface area contributed by atoms with Crippen molar-refractivity contribution in [3.8, 4) is 0 Å². The Morgan fingerprint density at radius 2 is 2.00 bits per heavy atom. The van der Waals surface area contributed by atoms with Gasteiger partial charge in [0.15, 0.2) is 5.65 Å². The number of pyridine rings is 1. The van der Waals surface area contributed by atoms with Crippen molar-refractivity contribution in [1.29, 1.82) is 0 Å². The number of amides is 1. The lowest BCUT2D eigenvalue weighted by molar-refractivity contribution is -0.134. The summed E-state index contributed by atoms with van der Waals surface area (Å²) < 4.78 is 1.91. The third-order valence-electron chi connectivity index (χ3n) is 7.43. The molecule has 0 spiro atoms. The van der Waals surface area contributed by atoms with Crippen LogP contribution in [0.25, 0.3) is 11.2 Å². The molecular formula is C23H28ClN7O. The summed E-state index contributed by atoms with van der Waals surface area (Å²) in [7, 11) is 0. The van der Waals surface area contributed by atoms with Gasteiger partial charge in [-0.05, 0) is 57.6 Å². The number of imidazole rings is 1. The second kappa shape index (κ2) is 7.47. The van der Waals surface area contributed by atoms with Crippen LogP contribution in [0, 0.1) is 5.92 Å². The van der Waals surface area contributed by atoms with E-state index in [4.69, 9.17) is 21.6 Å². The SMILES string of the molecule is C[C@@H]1CC[C@H](C(=O)N2CCCC2)CN1c1ccc2nc(C3(n4cc(Cl)cn4)CC3)[nH]c2n1. The number of carbonyl (C=O) groups excluding carboxylic acids is 1. The van der Waals surface area contributed by atoms with Gasteiger partial charge in [0.25, 0.3) is 0 Å². The zero-order chi connectivity index (χ0) is 21.9. The number of H-pyrrole nitrogens is 1. The van der Waals surface area contributed by atoms with E-state index in [0.29, 0.717) is 17.0 Å². The van der Waals surface area contributed by atoms with Gasteiger partial charge in [0.05, 0.1) is 17.1 Å². The van der Waals surface area contributed by atoms with Gasteiger partial charge in [0, 0.05) is 31.9 Å². The van der Waals surface area contributed by atoms with Crippen molar-refractivity contribution in [3.63, 3.8) is 0 Å². The topological polar surface area (TPSA) is 82.9 Å². The van der Waals surface area contributed by atoms with Gasteiger partial charge in [-0.15, -0.1) is 0 Å². The highest BCUT2D eigenvalue weighted by Crippen LogP contribution is 2.48. The molecule has 3 aromatic heterocycles. The summed E-state index contributed by atoms with van der Waals surface area (Å²) >= 11 is 6.10. The van der Waals surface area contributed by atoms with Crippen molar-refractivity contribution in [2.45, 2.75) is 57.0 Å². The first kappa shape index (κ1) is 20.0. The number of aromatic amines is 1. The van der Waals surface area contributed by atoms with Gasteiger partial charge in [-0.2, -0.15) is 5.10 Å². The third-order valence-corrected chi connectivity index (χ3v) is 7.62. The van der Waals surface area contributed by atoms with Crippen LogP contribution in [0.5, 0.6) is 0 Å². The van der Waals surface area contributed by atoms with Crippen LogP contribution in [0.3, 0.4) is 0 Å². The van der Waals surface area contributed by atoms with Crippen molar-refractivity contribution in [3.05, 3.63) is 35.4 Å². The highest BCUT2D eigenvalue weighted by atomic mass is 35.5. The number of piperidine rings is 1. The lowest BCUT2D eigenvalue weighted by Crippen LogP contribution is -2.48. The number of likely N-dealkylation sites (tertiary alicyclic amines) is 1. The van der Waals surface area contributed by atoms with Crippen LogP contribution in [-0.4, -0.2) is 61.2 Å². The molecule has 9 heteroatoms. The second-order valence-electron chi connectivity index (χ2n) is 9.57. The summed E-state index contributed by atoms with van der Waals surface area (Å²) in [4.78, 5) is 30.6. The lowest BCUT2D eigenvalue weighted by Gasteiger charge is -2.39. The Hall–Kier alpha value is -2.61. The Morgan fingerprint density at radius 1 is 1.19 bits per heavy atom. The van der Waals surface area contributed by atoms with Crippen molar-refractivity contribution in [1.82, 2.24) is 29.6 Å². The Balaban J connectivity index is 1.27. The molecule has 3 aromatic rings. The number of rotatable bonds is 4. The molecule has 1 saturated carbocycles. The minimum absolute atomic E-state index is 0.0541. The number of anilines is 1. The summed E-state index contributed by atoms with van der Waals surface area (Å²) in [5, 5.41) is 5.04. The standard InChI is InChI=1S/C23H28ClN7O/c1-15-4-5-16(21(32)29-10-2-3-11-29)13-30(15)19-7-6-18-20(27-19)28-22(26-18)23(8-9-23)31-14-17(24)12-25-31/h6-7,12,14-16H,2-5,8-11,13H2,1H3,(H,26,27,28)/t15-,16+/m1/s1. The van der Waals surface area contributed by atoms with Crippen LogP contribution < -0.4 is 4.90 Å². The number of nitrogens with one attached hydrogen (secondary N) is 1. The molecule has 0 unspecified atom stereocenters. The number of hydrogen-bond donors (Lipinski definition) is 1. The van der Waals surface area contributed by atoms with Crippen LogP contribution in [-0.2, 0) is 10.3 Å². The molecule has 0 bridgehead atoms. The Bertz CT molecular complexity index is 1160. The van der Waals surface area contributed by atoms with Crippen molar-refractivity contribution in [2.75, 3.05) is 24.5 Å². The average molecular weight is 454 g/mol. The van der Waals surface area contributed by atoms with E-state index in [1.54, 1.807) is 6.20 Å². The number of halogens is 1. The van der Waals surface area contributed by atoms with Crippen LogP contribution in [0.15, 0.2) is 24.5 Å². The molecular weight excluding hydrogens is 426 g/mol. The van der Waals surface area contributed by atoms with E-state index >= 15 is 0 Å². The Kier molecular flexibility index (Phi) is 4.68. The number of aromatic nitrogens is 5. The van der Waals surface area contributed by atoms with Crippen LogP contribution in [0.2, 0.25) is 5.02 Å². The summed E-state index contributed by atoms with van der Waals surface area (Å²) in [6.45, 7) is 4.78. The molecule has 5 heterocycles. The first-order valence-corrected chi connectivity index (χ1v) is 12.0. The molecule has 3 fully saturated rings. The van der Waals surface area contributed by atoms with E-state index in [1.807, 2.05) is 27.9 Å². The number of hydrogen-bond acceptors (Lipinski definition) is 5. The van der Waals surface area contributed by atoms with Gasteiger partial charge < -0.3 is 14.8 Å². The quantitative estimate of drug-likeness (QED) is 0.652. The van der Waals surface area contributed by atoms with Gasteiger partial charge in [0.2, 0.25) is 5.91 Å². The largest absolute Gasteiger partial charge is 0.353 e. The normalized spacial score (nSPS) is 24.9. The van der Waals surface area contributed by atoms with Gasteiger partial charge >= 0.3 is 0 Å². The fourth-order valence-corrected chi connectivity index (χ4v) is 5.45. The Morgan fingerprint density at radius 3 is 2.72 bits per heavy atom. The molecule has 3 aliphatic rings. The zero-order valence-corrected chi connectivity index (χ0v) is 19.1. The van der Waals surface area contributed by atoms with Gasteiger partial charge in [0.1, 0.15) is 22.7 Å².